The number of carbonyl (C=O) groups excluding carboxylic acids is 3. The fourth-order valence-corrected chi connectivity index (χ4v) is 14.5. The Hall–Kier alpha value is -5.41. The van der Waals surface area contributed by atoms with E-state index in [9.17, 15) is 19.8 Å². The van der Waals surface area contributed by atoms with E-state index in [1.165, 1.54) is 21.1 Å². The number of methoxy groups -OCH3 is 4. The van der Waals surface area contributed by atoms with Gasteiger partial charge in [0, 0.05) is 90.9 Å². The molecule has 1 aromatic heterocycles. The van der Waals surface area contributed by atoms with Crippen LogP contribution in [0.5, 0.6) is 11.5 Å². The lowest BCUT2D eigenvalue weighted by Crippen LogP contribution is -2.81. The summed E-state index contributed by atoms with van der Waals surface area (Å²) in [6, 6.07) is 17.1. The van der Waals surface area contributed by atoms with E-state index in [1.54, 1.807) is 14.2 Å². The summed E-state index contributed by atoms with van der Waals surface area (Å²) in [5, 5.41) is 26.6. The highest BCUT2D eigenvalue weighted by molar-refractivity contribution is 5.96. The zero-order valence-corrected chi connectivity index (χ0v) is 39.9. The molecule has 356 valence electrons. The van der Waals surface area contributed by atoms with Gasteiger partial charge >= 0.3 is 17.9 Å². The number of esters is 3. The van der Waals surface area contributed by atoms with Crippen molar-refractivity contribution in [2.45, 2.75) is 99.5 Å². The summed E-state index contributed by atoms with van der Waals surface area (Å²) in [5.41, 5.74) is -0.0245. The van der Waals surface area contributed by atoms with Gasteiger partial charge < -0.3 is 43.8 Å². The first kappa shape index (κ1) is 45.4. The molecule has 14 heteroatoms. The average molecular weight is 917 g/mol. The Kier molecular flexibility index (Phi) is 10.9. The van der Waals surface area contributed by atoms with Gasteiger partial charge in [-0.15, -0.1) is 0 Å². The molecule has 1 aliphatic carbocycles. The highest BCUT2D eigenvalue weighted by Gasteiger charge is 2.80. The number of H-pyrrole nitrogens is 1. The molecule has 1 saturated carbocycles. The number of piperidine rings is 1. The van der Waals surface area contributed by atoms with Gasteiger partial charge in [0.2, 0.25) is 5.60 Å². The molecule has 10 rings (SSSR count). The van der Waals surface area contributed by atoms with Gasteiger partial charge in [0.15, 0.2) is 6.10 Å². The molecule has 67 heavy (non-hydrogen) atoms. The van der Waals surface area contributed by atoms with Crippen LogP contribution in [-0.4, -0.2) is 141 Å². The van der Waals surface area contributed by atoms with Gasteiger partial charge in [-0.25, -0.2) is 4.79 Å². The van der Waals surface area contributed by atoms with Crippen molar-refractivity contribution in [2.24, 2.45) is 11.3 Å². The number of aromatic amines is 1. The topological polar surface area (TPSA) is 163 Å². The lowest BCUT2D eigenvalue weighted by Gasteiger charge is -2.63. The standard InChI is InChI=1S/C53H64N4O10/c1-9-49(61)27-32-28-52(47(59)65-7,43-36(17-21-56(29-32)30-49)37-24-34(15-16-40(37)54-43)33-13-11-14-35(23-33)63-5)39-25-38-41(26-42(39)64-6)55(4)45-51(38)19-22-57-20-12-18-50(10-2,44(51)57)46(67-31(3)58)53(45,62)48(60)66-8/h11-16,18,23-26,32,44-46,54,61-62H,9-10,17,19-22,27-30H2,1-8H3/t32-,44+,45?,46-,49+,50-,51-,52+,53+/m1/s1. The first-order chi connectivity index (χ1) is 32.1. The van der Waals surface area contributed by atoms with Crippen LogP contribution >= 0.6 is 0 Å². The largest absolute Gasteiger partial charge is 0.497 e. The fourth-order valence-electron chi connectivity index (χ4n) is 14.5. The molecule has 2 unspecified atom stereocenters. The lowest BCUT2D eigenvalue weighted by atomic mass is 9.47. The highest BCUT2D eigenvalue weighted by Crippen LogP contribution is 2.68. The van der Waals surface area contributed by atoms with Crippen LogP contribution in [0.1, 0.15) is 75.3 Å². The number of likely N-dealkylation sites (N-methyl/N-ethyl adjacent to an activating group) is 1. The highest BCUT2D eigenvalue weighted by atomic mass is 16.6. The van der Waals surface area contributed by atoms with Crippen LogP contribution in [0.25, 0.3) is 22.0 Å². The van der Waals surface area contributed by atoms with E-state index < -0.39 is 57.5 Å². The summed E-state index contributed by atoms with van der Waals surface area (Å²) in [4.78, 5) is 53.8. The number of nitrogens with one attached hydrogen (secondary N) is 1. The van der Waals surface area contributed by atoms with Gasteiger partial charge in [0.05, 0.1) is 40.1 Å². The van der Waals surface area contributed by atoms with Gasteiger partial charge in [0.1, 0.15) is 16.9 Å². The zero-order chi connectivity index (χ0) is 47.4. The third kappa shape index (κ3) is 6.24. The summed E-state index contributed by atoms with van der Waals surface area (Å²) in [7, 11) is 7.81. The zero-order valence-electron chi connectivity index (χ0n) is 39.9. The Morgan fingerprint density at radius 1 is 0.866 bits per heavy atom. The smallest absolute Gasteiger partial charge is 0.344 e. The number of rotatable bonds is 9. The maximum Gasteiger partial charge on any atom is 0.344 e. The third-order valence-corrected chi connectivity index (χ3v) is 17.1. The molecular formula is C53H64N4O10. The van der Waals surface area contributed by atoms with Crippen molar-refractivity contribution in [1.29, 1.82) is 0 Å². The van der Waals surface area contributed by atoms with Crippen molar-refractivity contribution in [3.63, 3.8) is 0 Å². The van der Waals surface area contributed by atoms with E-state index in [1.807, 2.05) is 50.1 Å². The number of hydrogen-bond donors (Lipinski definition) is 3. The van der Waals surface area contributed by atoms with Gasteiger partial charge in [-0.05, 0) is 104 Å². The molecule has 4 aromatic rings. The van der Waals surface area contributed by atoms with Crippen molar-refractivity contribution < 1.29 is 48.3 Å². The monoisotopic (exact) mass is 916 g/mol. The minimum Gasteiger partial charge on any atom is -0.497 e. The summed E-state index contributed by atoms with van der Waals surface area (Å²) >= 11 is 0. The molecule has 3 aromatic carbocycles. The minimum absolute atomic E-state index is 0.143. The third-order valence-electron chi connectivity index (χ3n) is 17.1. The van der Waals surface area contributed by atoms with Gasteiger partial charge in [-0.1, -0.05) is 44.2 Å². The quantitative estimate of drug-likeness (QED) is 0.107. The molecular weight excluding hydrogens is 853 g/mol. The summed E-state index contributed by atoms with van der Waals surface area (Å²) in [6.45, 7) is 8.48. The van der Waals surface area contributed by atoms with Gasteiger partial charge in [-0.2, -0.15) is 0 Å². The Morgan fingerprint density at radius 3 is 2.34 bits per heavy atom. The number of hydrogen-bond acceptors (Lipinski definition) is 13. The van der Waals surface area contributed by atoms with E-state index in [0.717, 1.165) is 44.6 Å². The Labute approximate surface area is 392 Å². The molecule has 3 fully saturated rings. The second kappa shape index (κ2) is 16.1. The average Bonchev–Trinajstić information content (AvgIpc) is 4.00. The predicted octanol–water partition coefficient (Wildman–Crippen LogP) is 5.67. The van der Waals surface area contributed by atoms with Crippen LogP contribution in [0, 0.1) is 11.3 Å². The second-order valence-electron chi connectivity index (χ2n) is 20.2. The van der Waals surface area contributed by atoms with Gasteiger partial charge in [-0.3, -0.25) is 19.4 Å². The second-order valence-corrected chi connectivity index (χ2v) is 20.2. The Balaban J connectivity index is 1.27. The summed E-state index contributed by atoms with van der Waals surface area (Å²) in [5.74, 6) is -0.924. The maximum atomic E-state index is 15.7. The minimum atomic E-state index is -2.33. The number of anilines is 1. The van der Waals surface area contributed by atoms with Crippen molar-refractivity contribution in [3.8, 4) is 22.6 Å². The van der Waals surface area contributed by atoms with E-state index in [2.05, 4.69) is 57.3 Å². The summed E-state index contributed by atoms with van der Waals surface area (Å²) in [6.07, 6.45) is 5.74. The molecule has 0 amide bonds. The molecule has 1 spiro atoms. The molecule has 2 bridgehead atoms. The van der Waals surface area contributed by atoms with E-state index in [4.69, 9.17) is 23.7 Å². The van der Waals surface area contributed by atoms with Crippen molar-refractivity contribution in [3.05, 3.63) is 89.1 Å². The van der Waals surface area contributed by atoms with Crippen LogP contribution in [0.4, 0.5) is 5.69 Å². The predicted molar refractivity (Wildman–Crippen MR) is 252 cm³/mol. The first-order valence-electron chi connectivity index (χ1n) is 23.8. The number of aliphatic hydroxyl groups is 2. The number of benzene rings is 3. The molecule has 5 aliphatic heterocycles. The normalized spacial score (nSPS) is 33.9. The van der Waals surface area contributed by atoms with Crippen molar-refractivity contribution >= 4 is 34.5 Å². The van der Waals surface area contributed by atoms with E-state index in [-0.39, 0.29) is 12.0 Å². The molecule has 0 radical (unpaired) electrons. The van der Waals surface area contributed by atoms with Crippen molar-refractivity contribution in [2.75, 3.05) is 73.1 Å². The molecule has 14 nitrogen and oxygen atoms in total. The van der Waals surface area contributed by atoms with Crippen LogP contribution < -0.4 is 14.4 Å². The first-order valence-corrected chi connectivity index (χ1v) is 23.8. The lowest BCUT2D eigenvalue weighted by molar-refractivity contribution is -0.228. The molecule has 2 saturated heterocycles. The number of nitrogens with zero attached hydrogens (tertiary/aromatic N) is 3. The Bertz CT molecular complexity index is 2700. The molecule has 6 heterocycles. The number of fused-ring (bicyclic) bond motifs is 6. The van der Waals surface area contributed by atoms with Crippen LogP contribution in [0.15, 0.2) is 66.7 Å². The molecule has 10 atom stereocenters. The molecule has 6 aliphatic rings. The number of ether oxygens (including phenoxy) is 5. The fraction of sp³-hybridized carbons (Fsp3) is 0.528. The van der Waals surface area contributed by atoms with Crippen LogP contribution in [-0.2, 0) is 45.8 Å². The Morgan fingerprint density at radius 2 is 1.64 bits per heavy atom. The number of aromatic nitrogens is 1. The van der Waals surface area contributed by atoms with E-state index in [0.29, 0.717) is 88.3 Å². The molecule has 3 N–H and O–H groups in total. The summed E-state index contributed by atoms with van der Waals surface area (Å²) < 4.78 is 29.8. The number of carbonyl (C=O) groups is 3. The van der Waals surface area contributed by atoms with Crippen LogP contribution in [0.2, 0.25) is 0 Å². The van der Waals surface area contributed by atoms with E-state index >= 15 is 4.79 Å². The van der Waals surface area contributed by atoms with Crippen molar-refractivity contribution in [1.82, 2.24) is 14.8 Å². The SMILES string of the molecule is CC[C@]1(O)C[C@H]2CN(CCc3c([nH]c4ccc(-c5cccc(OC)c5)cc34)[C@@](C(=O)OC)(c3cc4c(cc3OC)N(C)C3[C@]45CCN4CC=C[C@@](CC)([C@@H](OC(C)=O)[C@]3(O)C(=O)OC)[C@H]45)C2)C1. The van der Waals surface area contributed by atoms with Crippen LogP contribution in [0.3, 0.4) is 0 Å². The maximum absolute atomic E-state index is 15.7. The van der Waals surface area contributed by atoms with Gasteiger partial charge in [0.25, 0.3) is 0 Å².